The molecule has 2 aromatic rings. The number of aryl methyl sites for hydroxylation is 2. The van der Waals surface area contributed by atoms with Gasteiger partial charge in [0.25, 0.3) is 0 Å². The van der Waals surface area contributed by atoms with E-state index >= 15 is 0 Å². The van der Waals surface area contributed by atoms with Gasteiger partial charge in [-0.1, -0.05) is 44.7 Å². The van der Waals surface area contributed by atoms with E-state index in [1.165, 1.54) is 15.4 Å². The molecule has 0 aromatic heterocycles. The van der Waals surface area contributed by atoms with Crippen molar-refractivity contribution >= 4 is 23.5 Å². The average Bonchev–Trinajstić information content (AvgIpc) is 2.51. The van der Waals surface area contributed by atoms with Crippen molar-refractivity contribution in [3.63, 3.8) is 0 Å². The lowest BCUT2D eigenvalue weighted by Crippen LogP contribution is -2.24. The highest BCUT2D eigenvalue weighted by Gasteiger charge is 2.13. The lowest BCUT2D eigenvalue weighted by molar-refractivity contribution is 0.254. The Hall–Kier alpha value is -1.94. The zero-order valence-electron chi connectivity index (χ0n) is 15.3. The summed E-state index contributed by atoms with van der Waals surface area (Å²) in [5, 5.41) is 5.43. The van der Waals surface area contributed by atoms with E-state index in [1.54, 1.807) is 18.8 Å². The molecule has 0 aliphatic rings. The molecule has 0 saturated carbocycles. The molecule has 3 nitrogen and oxygen atoms in total. The number of hydrogen-bond acceptors (Lipinski definition) is 2. The standard InChI is InChI=1S/C20H26N2OS/c1-13-12-18(14(2)11-17(13)22-19(23)21-6)24-16-9-7-15(8-10-16)20(3,4)5/h7-12H,1-6H3,(H2,21,22,23). The minimum Gasteiger partial charge on any atom is -0.341 e. The summed E-state index contributed by atoms with van der Waals surface area (Å²) in [5.74, 6) is 0. The number of carbonyl (C=O) groups is 1. The molecule has 0 fully saturated rings. The van der Waals surface area contributed by atoms with Crippen LogP contribution in [0.5, 0.6) is 0 Å². The largest absolute Gasteiger partial charge is 0.341 e. The number of amides is 2. The summed E-state index contributed by atoms with van der Waals surface area (Å²) in [6.07, 6.45) is 0. The highest BCUT2D eigenvalue weighted by molar-refractivity contribution is 7.99. The third-order valence-electron chi connectivity index (χ3n) is 3.95. The van der Waals surface area contributed by atoms with Gasteiger partial charge < -0.3 is 10.6 Å². The van der Waals surface area contributed by atoms with Gasteiger partial charge in [0.1, 0.15) is 0 Å². The van der Waals surface area contributed by atoms with Crippen LogP contribution >= 0.6 is 11.8 Å². The first-order valence-electron chi connectivity index (χ1n) is 8.09. The van der Waals surface area contributed by atoms with Crippen molar-refractivity contribution in [2.24, 2.45) is 0 Å². The Morgan fingerprint density at radius 3 is 2.17 bits per heavy atom. The molecule has 2 N–H and O–H groups in total. The van der Waals surface area contributed by atoms with Crippen molar-refractivity contribution in [3.8, 4) is 0 Å². The number of benzene rings is 2. The smallest absolute Gasteiger partial charge is 0.318 e. The predicted octanol–water partition coefficient (Wildman–Crippen LogP) is 5.50. The fourth-order valence-corrected chi connectivity index (χ4v) is 3.35. The van der Waals surface area contributed by atoms with E-state index in [1.807, 2.05) is 13.0 Å². The van der Waals surface area contributed by atoms with Crippen molar-refractivity contribution < 1.29 is 4.79 Å². The minimum atomic E-state index is -0.198. The number of urea groups is 1. The van der Waals surface area contributed by atoms with E-state index in [4.69, 9.17) is 0 Å². The maximum atomic E-state index is 11.5. The van der Waals surface area contributed by atoms with Gasteiger partial charge in [-0.15, -0.1) is 0 Å². The quantitative estimate of drug-likeness (QED) is 0.773. The van der Waals surface area contributed by atoms with Crippen molar-refractivity contribution in [3.05, 3.63) is 53.1 Å². The monoisotopic (exact) mass is 342 g/mol. The van der Waals surface area contributed by atoms with Crippen LogP contribution in [-0.4, -0.2) is 13.1 Å². The van der Waals surface area contributed by atoms with E-state index in [9.17, 15) is 4.79 Å². The zero-order valence-corrected chi connectivity index (χ0v) is 16.1. The molecular formula is C20H26N2OS. The van der Waals surface area contributed by atoms with Gasteiger partial charge >= 0.3 is 6.03 Å². The van der Waals surface area contributed by atoms with Crippen LogP contribution in [0.15, 0.2) is 46.2 Å². The Kier molecular flexibility index (Phi) is 5.60. The molecule has 0 spiro atoms. The third-order valence-corrected chi connectivity index (χ3v) is 5.11. The molecule has 0 radical (unpaired) electrons. The van der Waals surface area contributed by atoms with Gasteiger partial charge in [0.15, 0.2) is 0 Å². The molecule has 0 atom stereocenters. The fourth-order valence-electron chi connectivity index (χ4n) is 2.37. The maximum absolute atomic E-state index is 11.5. The molecular weight excluding hydrogens is 316 g/mol. The van der Waals surface area contributed by atoms with Crippen LogP contribution < -0.4 is 10.6 Å². The number of anilines is 1. The molecule has 0 unspecified atom stereocenters. The molecule has 0 aliphatic heterocycles. The Balaban J connectivity index is 2.21. The highest BCUT2D eigenvalue weighted by Crippen LogP contribution is 2.34. The second-order valence-electron chi connectivity index (χ2n) is 7.01. The van der Waals surface area contributed by atoms with Gasteiger partial charge in [-0.2, -0.15) is 0 Å². The van der Waals surface area contributed by atoms with Crippen LogP contribution in [0, 0.1) is 13.8 Å². The predicted molar refractivity (Wildman–Crippen MR) is 103 cm³/mol. The van der Waals surface area contributed by atoms with Gasteiger partial charge in [-0.25, -0.2) is 4.79 Å². The van der Waals surface area contributed by atoms with Crippen LogP contribution in [0.3, 0.4) is 0 Å². The third kappa shape index (κ3) is 4.54. The molecule has 2 rings (SSSR count). The van der Waals surface area contributed by atoms with Gasteiger partial charge in [0.2, 0.25) is 0 Å². The van der Waals surface area contributed by atoms with Gasteiger partial charge in [0.05, 0.1) is 0 Å². The summed E-state index contributed by atoms with van der Waals surface area (Å²) < 4.78 is 0. The van der Waals surface area contributed by atoms with Crippen LogP contribution in [0.1, 0.15) is 37.5 Å². The zero-order chi connectivity index (χ0) is 17.9. The molecule has 2 aromatic carbocycles. The lowest BCUT2D eigenvalue weighted by atomic mass is 9.87. The van der Waals surface area contributed by atoms with E-state index < -0.39 is 0 Å². The molecule has 128 valence electrons. The Labute approximate surface area is 149 Å². The Bertz CT molecular complexity index is 731. The second-order valence-corrected chi connectivity index (χ2v) is 8.13. The fraction of sp³-hybridized carbons (Fsp3) is 0.350. The first-order chi connectivity index (χ1) is 11.2. The number of carbonyl (C=O) groups excluding carboxylic acids is 1. The number of rotatable bonds is 3. The van der Waals surface area contributed by atoms with E-state index in [-0.39, 0.29) is 11.4 Å². The second kappa shape index (κ2) is 7.31. The van der Waals surface area contributed by atoms with Crippen LogP contribution in [0.4, 0.5) is 10.5 Å². The molecule has 2 amide bonds. The molecule has 24 heavy (non-hydrogen) atoms. The van der Waals surface area contributed by atoms with Gasteiger partial charge in [0, 0.05) is 22.5 Å². The number of hydrogen-bond donors (Lipinski definition) is 2. The minimum absolute atomic E-state index is 0.170. The molecule has 0 aliphatic carbocycles. The van der Waals surface area contributed by atoms with Crippen LogP contribution in [-0.2, 0) is 5.41 Å². The van der Waals surface area contributed by atoms with E-state index in [2.05, 4.69) is 68.7 Å². The van der Waals surface area contributed by atoms with E-state index in [0.29, 0.717) is 0 Å². The van der Waals surface area contributed by atoms with Crippen molar-refractivity contribution in [1.82, 2.24) is 5.32 Å². The van der Waals surface area contributed by atoms with Crippen LogP contribution in [0.25, 0.3) is 0 Å². The summed E-state index contributed by atoms with van der Waals surface area (Å²) >= 11 is 1.75. The summed E-state index contributed by atoms with van der Waals surface area (Å²) in [7, 11) is 1.61. The Morgan fingerprint density at radius 1 is 1.00 bits per heavy atom. The summed E-state index contributed by atoms with van der Waals surface area (Å²) in [5.41, 5.74) is 4.56. The molecule has 4 heteroatoms. The van der Waals surface area contributed by atoms with Crippen LogP contribution in [0.2, 0.25) is 0 Å². The van der Waals surface area contributed by atoms with Crippen molar-refractivity contribution in [2.45, 2.75) is 49.8 Å². The topological polar surface area (TPSA) is 41.1 Å². The highest BCUT2D eigenvalue weighted by atomic mass is 32.2. The summed E-state index contributed by atoms with van der Waals surface area (Å²) in [6, 6.07) is 12.7. The molecule has 0 saturated heterocycles. The first-order valence-corrected chi connectivity index (χ1v) is 8.90. The average molecular weight is 343 g/mol. The van der Waals surface area contributed by atoms with Gasteiger partial charge in [-0.3, -0.25) is 0 Å². The van der Waals surface area contributed by atoms with Gasteiger partial charge in [-0.05, 0) is 60.2 Å². The lowest BCUT2D eigenvalue weighted by Gasteiger charge is -2.19. The SMILES string of the molecule is CNC(=O)Nc1cc(C)c(Sc2ccc(C(C)(C)C)cc2)cc1C. The molecule has 0 heterocycles. The van der Waals surface area contributed by atoms with E-state index in [0.717, 1.165) is 16.8 Å². The maximum Gasteiger partial charge on any atom is 0.318 e. The Morgan fingerprint density at radius 2 is 1.62 bits per heavy atom. The summed E-state index contributed by atoms with van der Waals surface area (Å²) in [6.45, 7) is 10.8. The van der Waals surface area contributed by atoms with Crippen molar-refractivity contribution in [2.75, 3.05) is 12.4 Å². The molecule has 0 bridgehead atoms. The first kappa shape index (κ1) is 18.4. The normalized spacial score (nSPS) is 11.2. The van der Waals surface area contributed by atoms with Crippen molar-refractivity contribution in [1.29, 1.82) is 0 Å². The number of nitrogens with one attached hydrogen (secondary N) is 2. The summed E-state index contributed by atoms with van der Waals surface area (Å²) in [4.78, 5) is 13.9.